The largest absolute Gasteiger partial charge is 0.477 e. The van der Waals surface area contributed by atoms with E-state index in [1.807, 2.05) is 21.1 Å². The number of esters is 2. The fourth-order valence-corrected chi connectivity index (χ4v) is 10.8. The van der Waals surface area contributed by atoms with E-state index in [-0.39, 0.29) is 38.2 Å². The van der Waals surface area contributed by atoms with Crippen molar-refractivity contribution in [3.8, 4) is 0 Å². The van der Waals surface area contributed by atoms with E-state index in [2.05, 4.69) is 38.2 Å². The highest BCUT2D eigenvalue weighted by Crippen LogP contribution is 2.19. The van der Waals surface area contributed by atoms with Gasteiger partial charge in [0.15, 0.2) is 6.10 Å². The molecular formula is C72H138NO8+. The molecule has 0 heterocycles. The average molecular weight is 1150 g/mol. The van der Waals surface area contributed by atoms with E-state index < -0.39 is 18.4 Å². The van der Waals surface area contributed by atoms with Gasteiger partial charge in [-0.1, -0.05) is 327 Å². The molecule has 0 spiro atoms. The molecule has 0 bridgehead atoms. The predicted molar refractivity (Wildman–Crippen MR) is 346 cm³/mol. The summed E-state index contributed by atoms with van der Waals surface area (Å²) in [5.41, 5.74) is 0. The summed E-state index contributed by atoms with van der Waals surface area (Å²) in [7, 11) is 5.99. The molecule has 81 heavy (non-hydrogen) atoms. The Balaban J connectivity index is 4.04. The van der Waals surface area contributed by atoms with Crippen molar-refractivity contribution in [2.45, 2.75) is 373 Å². The fourth-order valence-electron chi connectivity index (χ4n) is 10.8. The zero-order valence-corrected chi connectivity index (χ0v) is 54.7. The number of hydrogen-bond donors (Lipinski definition) is 1. The van der Waals surface area contributed by atoms with Crippen molar-refractivity contribution >= 4 is 17.9 Å². The molecule has 0 radical (unpaired) electrons. The van der Waals surface area contributed by atoms with E-state index in [0.717, 1.165) is 44.9 Å². The third kappa shape index (κ3) is 65.2. The van der Waals surface area contributed by atoms with Gasteiger partial charge in [-0.05, 0) is 44.9 Å². The van der Waals surface area contributed by atoms with Crippen molar-refractivity contribution in [3.63, 3.8) is 0 Å². The lowest BCUT2D eigenvalue weighted by Crippen LogP contribution is -2.40. The van der Waals surface area contributed by atoms with Gasteiger partial charge < -0.3 is 28.5 Å². The molecule has 0 aromatic heterocycles. The number of hydrogen-bond acceptors (Lipinski definition) is 7. The third-order valence-corrected chi connectivity index (χ3v) is 16.2. The number of carbonyl (C=O) groups excluding carboxylic acids is 2. The smallest absolute Gasteiger partial charge is 0.361 e. The average Bonchev–Trinajstić information content (AvgIpc) is 3.44. The van der Waals surface area contributed by atoms with E-state index >= 15 is 0 Å². The number of likely N-dealkylation sites (N-methyl/N-ethyl adjacent to an activating group) is 1. The van der Waals surface area contributed by atoms with E-state index in [1.165, 1.54) is 289 Å². The van der Waals surface area contributed by atoms with Gasteiger partial charge in [-0.2, -0.15) is 0 Å². The number of aliphatic carboxylic acids is 1. The van der Waals surface area contributed by atoms with Gasteiger partial charge in [0.25, 0.3) is 6.29 Å². The predicted octanol–water partition coefficient (Wildman–Crippen LogP) is 21.8. The number of carboxylic acids is 1. The summed E-state index contributed by atoms with van der Waals surface area (Å²) in [6, 6.07) is 0. The number of nitrogens with zero attached hydrogens (tertiary/aromatic N) is 1. The Morgan fingerprint density at radius 3 is 0.975 bits per heavy atom. The van der Waals surface area contributed by atoms with Gasteiger partial charge in [0, 0.05) is 12.8 Å². The van der Waals surface area contributed by atoms with E-state index in [0.29, 0.717) is 17.4 Å². The van der Waals surface area contributed by atoms with E-state index in [9.17, 15) is 19.5 Å². The van der Waals surface area contributed by atoms with Crippen LogP contribution in [0.2, 0.25) is 0 Å². The first-order valence-corrected chi connectivity index (χ1v) is 35.5. The maximum absolute atomic E-state index is 12.9. The fraction of sp³-hybridized carbons (Fsp3) is 0.903. The van der Waals surface area contributed by atoms with E-state index in [4.69, 9.17) is 18.9 Å². The normalized spacial score (nSPS) is 12.8. The molecule has 0 amide bonds. The number of carbonyl (C=O) groups is 3. The molecule has 2 unspecified atom stereocenters. The van der Waals surface area contributed by atoms with Gasteiger partial charge in [0.05, 0.1) is 34.4 Å². The van der Waals surface area contributed by atoms with Crippen LogP contribution in [0.1, 0.15) is 361 Å². The van der Waals surface area contributed by atoms with Gasteiger partial charge in [-0.15, -0.1) is 0 Å². The minimum absolute atomic E-state index is 0.176. The second kappa shape index (κ2) is 63.8. The van der Waals surface area contributed by atoms with Crippen molar-refractivity contribution < 1.29 is 42.9 Å². The molecule has 0 rings (SSSR count). The van der Waals surface area contributed by atoms with Crippen LogP contribution in [0.5, 0.6) is 0 Å². The Labute approximate surface area is 503 Å². The molecule has 0 aliphatic rings. The quantitative estimate of drug-likeness (QED) is 0.0211. The standard InChI is InChI=1S/C72H137NO8/c1-6-8-10-12-14-16-18-20-22-24-26-28-30-32-33-34-35-36-37-39-40-42-44-46-48-50-52-54-56-58-60-62-69(74)79-66-68(67-80-72(71(76)77)78-65-64-73(3,4)5)81-70(75)63-61-59-57-55-53-51-49-47-45-43-41-38-31-29-27-25-23-21-19-17-15-13-11-9-7-2/h19,21,25,27,68,72H,6-18,20,22-24,26,28-67H2,1-5H3/p+1/b21-19-,27-25-. The first-order valence-electron chi connectivity index (χ1n) is 35.5. The zero-order valence-electron chi connectivity index (χ0n) is 54.7. The number of carboxylic acid groups (broad SMARTS) is 1. The lowest BCUT2D eigenvalue weighted by Gasteiger charge is -2.25. The Bertz CT molecular complexity index is 1380. The summed E-state index contributed by atoms with van der Waals surface area (Å²) in [6.45, 7) is 4.94. The van der Waals surface area contributed by atoms with Crippen molar-refractivity contribution in [1.82, 2.24) is 0 Å². The van der Waals surface area contributed by atoms with Gasteiger partial charge in [0.2, 0.25) is 0 Å². The third-order valence-electron chi connectivity index (χ3n) is 16.2. The van der Waals surface area contributed by atoms with Crippen LogP contribution in [0.4, 0.5) is 0 Å². The van der Waals surface area contributed by atoms with Gasteiger partial charge in [-0.3, -0.25) is 9.59 Å². The zero-order chi connectivity index (χ0) is 59.1. The summed E-state index contributed by atoms with van der Waals surface area (Å²) >= 11 is 0. The Kier molecular flexibility index (Phi) is 62.0. The van der Waals surface area contributed by atoms with Crippen molar-refractivity contribution in [3.05, 3.63) is 24.3 Å². The van der Waals surface area contributed by atoms with Crippen LogP contribution in [0, 0.1) is 0 Å². The van der Waals surface area contributed by atoms with Crippen molar-refractivity contribution in [2.75, 3.05) is 47.5 Å². The molecule has 9 nitrogen and oxygen atoms in total. The molecule has 9 heteroatoms. The monoisotopic (exact) mass is 1150 g/mol. The van der Waals surface area contributed by atoms with Crippen LogP contribution < -0.4 is 0 Å². The van der Waals surface area contributed by atoms with Crippen molar-refractivity contribution in [2.24, 2.45) is 0 Å². The summed E-state index contributed by atoms with van der Waals surface area (Å²) in [4.78, 5) is 37.6. The molecule has 2 atom stereocenters. The molecule has 0 aliphatic carbocycles. The highest BCUT2D eigenvalue weighted by Gasteiger charge is 2.25. The number of rotatable bonds is 67. The number of quaternary nitrogens is 1. The highest BCUT2D eigenvalue weighted by molar-refractivity contribution is 5.71. The molecular weight excluding hydrogens is 1010 g/mol. The van der Waals surface area contributed by atoms with E-state index in [1.54, 1.807) is 0 Å². The maximum Gasteiger partial charge on any atom is 0.361 e. The maximum atomic E-state index is 12.9. The van der Waals surface area contributed by atoms with Crippen LogP contribution in [-0.2, 0) is 33.3 Å². The van der Waals surface area contributed by atoms with Gasteiger partial charge in [0.1, 0.15) is 13.2 Å². The Morgan fingerprint density at radius 1 is 0.370 bits per heavy atom. The van der Waals surface area contributed by atoms with Crippen LogP contribution >= 0.6 is 0 Å². The summed E-state index contributed by atoms with van der Waals surface area (Å²) < 4.78 is 23.0. The Morgan fingerprint density at radius 2 is 0.667 bits per heavy atom. The summed E-state index contributed by atoms with van der Waals surface area (Å²) in [6.07, 6.45) is 75.9. The van der Waals surface area contributed by atoms with Crippen LogP contribution in [-0.4, -0.2) is 87.4 Å². The molecule has 0 fully saturated rings. The SMILES string of the molecule is CCCCCCC/C=C\C/C=C\CCCCCCCCCCCCCCCC(=O)OC(COC(=O)CCCCCCCCCCCCCCCCCCCCCCCCCCCCCCCCC)COC(OCC[N+](C)(C)C)C(=O)O. The second-order valence-electron chi connectivity index (χ2n) is 25.6. The number of unbranched alkanes of at least 4 members (excludes halogenated alkanes) is 48. The minimum Gasteiger partial charge on any atom is -0.477 e. The molecule has 0 aromatic carbocycles. The van der Waals surface area contributed by atoms with Gasteiger partial charge in [-0.25, -0.2) is 4.79 Å². The number of ether oxygens (including phenoxy) is 4. The highest BCUT2D eigenvalue weighted by atomic mass is 16.7. The Hall–Kier alpha value is -2.23. The topological polar surface area (TPSA) is 108 Å². The summed E-state index contributed by atoms with van der Waals surface area (Å²) in [5, 5.41) is 9.74. The summed E-state index contributed by atoms with van der Waals surface area (Å²) in [5.74, 6) is -1.98. The van der Waals surface area contributed by atoms with Crippen LogP contribution in [0.25, 0.3) is 0 Å². The molecule has 0 saturated carbocycles. The second-order valence-corrected chi connectivity index (χ2v) is 25.6. The molecule has 0 aromatic rings. The molecule has 0 saturated heterocycles. The van der Waals surface area contributed by atoms with Crippen LogP contribution in [0.3, 0.4) is 0 Å². The van der Waals surface area contributed by atoms with Gasteiger partial charge >= 0.3 is 17.9 Å². The first kappa shape index (κ1) is 78.8. The minimum atomic E-state index is -1.51. The number of allylic oxidation sites excluding steroid dienone is 4. The molecule has 0 aliphatic heterocycles. The molecule has 478 valence electrons. The van der Waals surface area contributed by atoms with Crippen LogP contribution in [0.15, 0.2) is 24.3 Å². The lowest BCUT2D eigenvalue weighted by molar-refractivity contribution is -0.870. The molecule has 1 N–H and O–H groups in total. The lowest BCUT2D eigenvalue weighted by atomic mass is 10.0. The first-order chi connectivity index (χ1) is 39.6. The van der Waals surface area contributed by atoms with Crippen molar-refractivity contribution in [1.29, 1.82) is 0 Å².